The van der Waals surface area contributed by atoms with Gasteiger partial charge in [-0.05, 0) is 0 Å². The zero-order valence-electron chi connectivity index (χ0n) is 9.52. The summed E-state index contributed by atoms with van der Waals surface area (Å²) in [5, 5.41) is 14.0. The number of anilines is 1. The monoisotopic (exact) mass is 236 g/mol. The Kier molecular flexibility index (Phi) is 2.86. The van der Waals surface area contributed by atoms with Crippen LogP contribution >= 0.6 is 0 Å². The molecule has 2 rings (SSSR count). The Bertz CT molecular complexity index is 497. The SMILES string of the molecule is COc1cc([N+](=O)[O-])c2c(c1OC)C=CCN2. The number of hydrogen-bond acceptors (Lipinski definition) is 5. The summed E-state index contributed by atoms with van der Waals surface area (Å²) in [6.07, 6.45) is 3.66. The fraction of sp³-hybridized carbons (Fsp3) is 0.273. The van der Waals surface area contributed by atoms with Crippen molar-refractivity contribution >= 4 is 17.5 Å². The van der Waals surface area contributed by atoms with Crippen LogP contribution in [-0.2, 0) is 0 Å². The summed E-state index contributed by atoms with van der Waals surface area (Å²) in [4.78, 5) is 10.5. The van der Waals surface area contributed by atoms with Gasteiger partial charge in [0.25, 0.3) is 5.69 Å². The lowest BCUT2D eigenvalue weighted by molar-refractivity contribution is -0.384. The van der Waals surface area contributed by atoms with E-state index in [0.29, 0.717) is 29.3 Å². The minimum atomic E-state index is -0.438. The van der Waals surface area contributed by atoms with Crippen LogP contribution in [0.4, 0.5) is 11.4 Å². The lowest BCUT2D eigenvalue weighted by atomic mass is 10.1. The Morgan fingerprint density at radius 1 is 1.41 bits per heavy atom. The van der Waals surface area contributed by atoms with E-state index in [9.17, 15) is 10.1 Å². The Morgan fingerprint density at radius 3 is 2.76 bits per heavy atom. The van der Waals surface area contributed by atoms with Gasteiger partial charge >= 0.3 is 0 Å². The maximum absolute atomic E-state index is 11.0. The molecule has 0 spiro atoms. The molecule has 0 fully saturated rings. The molecular formula is C11H12N2O4. The summed E-state index contributed by atoms with van der Waals surface area (Å²) in [6.45, 7) is 0.559. The summed E-state index contributed by atoms with van der Waals surface area (Å²) in [5.74, 6) is 0.850. The van der Waals surface area contributed by atoms with Gasteiger partial charge in [0.15, 0.2) is 11.5 Å². The Morgan fingerprint density at radius 2 is 2.18 bits per heavy atom. The molecule has 0 saturated heterocycles. The van der Waals surface area contributed by atoms with Crippen molar-refractivity contribution in [3.63, 3.8) is 0 Å². The van der Waals surface area contributed by atoms with Crippen molar-refractivity contribution in [1.82, 2.24) is 0 Å². The molecule has 0 aromatic heterocycles. The fourth-order valence-corrected chi connectivity index (χ4v) is 1.83. The number of ether oxygens (including phenoxy) is 2. The first-order chi connectivity index (χ1) is 8.19. The highest BCUT2D eigenvalue weighted by molar-refractivity contribution is 5.84. The summed E-state index contributed by atoms with van der Waals surface area (Å²) < 4.78 is 10.3. The average Bonchev–Trinajstić information content (AvgIpc) is 2.36. The van der Waals surface area contributed by atoms with Gasteiger partial charge in [-0.1, -0.05) is 12.2 Å². The number of nitro benzene ring substituents is 1. The van der Waals surface area contributed by atoms with E-state index in [2.05, 4.69) is 5.32 Å². The van der Waals surface area contributed by atoms with Crippen LogP contribution in [0.3, 0.4) is 0 Å². The Balaban J connectivity index is 2.73. The molecule has 1 aliphatic rings. The number of methoxy groups -OCH3 is 2. The van der Waals surface area contributed by atoms with Crippen LogP contribution in [0.25, 0.3) is 6.08 Å². The molecule has 0 saturated carbocycles. The van der Waals surface area contributed by atoms with E-state index < -0.39 is 4.92 Å². The molecule has 1 aromatic rings. The molecule has 0 atom stereocenters. The fourth-order valence-electron chi connectivity index (χ4n) is 1.83. The van der Waals surface area contributed by atoms with Gasteiger partial charge in [-0.2, -0.15) is 0 Å². The molecule has 0 bridgehead atoms. The van der Waals surface area contributed by atoms with Gasteiger partial charge < -0.3 is 14.8 Å². The first-order valence-electron chi connectivity index (χ1n) is 5.02. The third-order valence-corrected chi connectivity index (χ3v) is 2.56. The van der Waals surface area contributed by atoms with E-state index in [1.807, 2.05) is 6.08 Å². The number of benzene rings is 1. The summed E-state index contributed by atoms with van der Waals surface area (Å²) in [7, 11) is 2.96. The molecule has 0 radical (unpaired) electrons. The van der Waals surface area contributed by atoms with Crippen molar-refractivity contribution in [1.29, 1.82) is 0 Å². The van der Waals surface area contributed by atoms with Crippen molar-refractivity contribution in [3.05, 3.63) is 27.8 Å². The second-order valence-electron chi connectivity index (χ2n) is 3.46. The normalized spacial score (nSPS) is 12.6. The number of nitrogens with zero attached hydrogens (tertiary/aromatic N) is 1. The van der Waals surface area contributed by atoms with Crippen molar-refractivity contribution in [2.75, 3.05) is 26.1 Å². The minimum absolute atomic E-state index is 0.0120. The first-order valence-corrected chi connectivity index (χ1v) is 5.02. The maximum atomic E-state index is 11.0. The van der Waals surface area contributed by atoms with Gasteiger partial charge in [-0.25, -0.2) is 0 Å². The second kappa shape index (κ2) is 4.32. The van der Waals surface area contributed by atoms with E-state index in [1.54, 1.807) is 6.08 Å². The highest BCUT2D eigenvalue weighted by Gasteiger charge is 2.25. The third kappa shape index (κ3) is 1.77. The van der Waals surface area contributed by atoms with E-state index in [0.717, 1.165) is 0 Å². The van der Waals surface area contributed by atoms with E-state index >= 15 is 0 Å². The van der Waals surface area contributed by atoms with Gasteiger partial charge in [0.2, 0.25) is 0 Å². The topological polar surface area (TPSA) is 73.6 Å². The summed E-state index contributed by atoms with van der Waals surface area (Å²) in [5.41, 5.74) is 1.10. The minimum Gasteiger partial charge on any atom is -0.493 e. The lowest BCUT2D eigenvalue weighted by Gasteiger charge is -2.18. The van der Waals surface area contributed by atoms with Crippen LogP contribution in [-0.4, -0.2) is 25.7 Å². The molecule has 90 valence electrons. The summed E-state index contributed by atoms with van der Waals surface area (Å²) >= 11 is 0. The Hall–Kier alpha value is -2.24. The van der Waals surface area contributed by atoms with E-state index in [-0.39, 0.29) is 5.69 Å². The van der Waals surface area contributed by atoms with Crippen LogP contribution in [0.2, 0.25) is 0 Å². The van der Waals surface area contributed by atoms with Crippen molar-refractivity contribution < 1.29 is 14.4 Å². The van der Waals surface area contributed by atoms with E-state index in [4.69, 9.17) is 9.47 Å². The van der Waals surface area contributed by atoms with Gasteiger partial charge in [0, 0.05) is 6.54 Å². The quantitative estimate of drug-likeness (QED) is 0.642. The number of rotatable bonds is 3. The molecule has 1 aromatic carbocycles. The van der Waals surface area contributed by atoms with Gasteiger partial charge in [0.05, 0.1) is 30.8 Å². The van der Waals surface area contributed by atoms with Gasteiger partial charge in [-0.3, -0.25) is 10.1 Å². The van der Waals surface area contributed by atoms with Crippen LogP contribution in [0, 0.1) is 10.1 Å². The van der Waals surface area contributed by atoms with Gasteiger partial charge in [0.1, 0.15) is 5.69 Å². The standard InChI is InChI=1S/C11H12N2O4/c1-16-9-6-8(13(14)15)10-7(11(9)17-2)4-3-5-12-10/h3-4,6,12H,5H2,1-2H3. The van der Waals surface area contributed by atoms with Gasteiger partial charge in [-0.15, -0.1) is 0 Å². The van der Waals surface area contributed by atoms with Crippen molar-refractivity contribution in [2.24, 2.45) is 0 Å². The summed E-state index contributed by atoms with van der Waals surface area (Å²) in [6, 6.07) is 1.36. The molecule has 0 amide bonds. The second-order valence-corrected chi connectivity index (χ2v) is 3.46. The maximum Gasteiger partial charge on any atom is 0.296 e. The van der Waals surface area contributed by atoms with Crippen LogP contribution in [0.1, 0.15) is 5.56 Å². The van der Waals surface area contributed by atoms with Crippen molar-refractivity contribution in [2.45, 2.75) is 0 Å². The lowest BCUT2D eigenvalue weighted by Crippen LogP contribution is -2.09. The molecule has 0 unspecified atom stereocenters. The predicted octanol–water partition coefficient (Wildman–Crippen LogP) is 2.05. The average molecular weight is 236 g/mol. The number of nitro groups is 1. The number of hydrogen-bond donors (Lipinski definition) is 1. The molecule has 1 N–H and O–H groups in total. The largest absolute Gasteiger partial charge is 0.493 e. The highest BCUT2D eigenvalue weighted by Crippen LogP contribution is 2.44. The zero-order chi connectivity index (χ0) is 12.4. The molecule has 17 heavy (non-hydrogen) atoms. The third-order valence-electron chi connectivity index (χ3n) is 2.56. The van der Waals surface area contributed by atoms with Crippen LogP contribution < -0.4 is 14.8 Å². The predicted molar refractivity (Wildman–Crippen MR) is 63.7 cm³/mol. The van der Waals surface area contributed by atoms with Crippen molar-refractivity contribution in [3.8, 4) is 11.5 Å². The van der Waals surface area contributed by atoms with E-state index in [1.165, 1.54) is 20.3 Å². The smallest absolute Gasteiger partial charge is 0.296 e. The molecule has 0 aliphatic carbocycles. The molecule has 6 heteroatoms. The Labute approximate surface area is 98.0 Å². The molecular weight excluding hydrogens is 224 g/mol. The number of fused-ring (bicyclic) bond motifs is 1. The highest BCUT2D eigenvalue weighted by atomic mass is 16.6. The van der Waals surface area contributed by atoms with Crippen LogP contribution in [0.5, 0.6) is 11.5 Å². The number of nitrogens with one attached hydrogen (secondary N) is 1. The first kappa shape index (κ1) is 11.3. The zero-order valence-corrected chi connectivity index (χ0v) is 9.52. The molecule has 6 nitrogen and oxygen atoms in total. The molecule has 1 heterocycles. The van der Waals surface area contributed by atoms with Crippen LogP contribution in [0.15, 0.2) is 12.1 Å². The molecule has 1 aliphatic heterocycles.